The average molecular weight is 389 g/mol. The maximum atomic E-state index is 10.6. The lowest BCUT2D eigenvalue weighted by Crippen LogP contribution is -2.44. The van der Waals surface area contributed by atoms with Crippen LogP contribution in [-0.4, -0.2) is 35.1 Å². The van der Waals surface area contributed by atoms with Crippen molar-refractivity contribution in [1.82, 2.24) is 14.8 Å². The molecule has 0 aliphatic heterocycles. The van der Waals surface area contributed by atoms with Crippen molar-refractivity contribution in [3.05, 3.63) is 47.5 Å². The predicted octanol–water partition coefficient (Wildman–Crippen LogP) is 3.86. The normalized spacial score (nSPS) is 15.2. The Morgan fingerprint density at radius 2 is 1.86 bits per heavy atom. The van der Waals surface area contributed by atoms with E-state index in [2.05, 4.69) is 10.1 Å². The van der Waals surface area contributed by atoms with E-state index in [0.29, 0.717) is 10.6 Å². The van der Waals surface area contributed by atoms with Gasteiger partial charge in [-0.3, -0.25) is 0 Å². The Kier molecular flexibility index (Phi) is 5.63. The molecule has 0 fully saturated rings. The van der Waals surface area contributed by atoms with E-state index in [-0.39, 0.29) is 0 Å². The summed E-state index contributed by atoms with van der Waals surface area (Å²) in [5.74, 6) is 0. The van der Waals surface area contributed by atoms with Crippen LogP contribution >= 0.6 is 58.0 Å². The third-order valence-electron chi connectivity index (χ3n) is 2.93. The van der Waals surface area contributed by atoms with Crippen LogP contribution < -0.4 is 0 Å². The van der Waals surface area contributed by atoms with Gasteiger partial charge in [-0.2, -0.15) is 5.10 Å². The first-order valence-electron chi connectivity index (χ1n) is 5.78. The van der Waals surface area contributed by atoms with Crippen LogP contribution in [-0.2, 0) is 0 Å². The van der Waals surface area contributed by atoms with Crippen LogP contribution in [0, 0.1) is 0 Å². The fraction of sp³-hybridized carbons (Fsp3) is 0.333. The minimum Gasteiger partial charge on any atom is -0.387 e. The molecule has 0 amide bonds. The number of aromatic nitrogens is 3. The molecular formula is C12H10Cl5N3O. The largest absolute Gasteiger partial charge is 0.387 e. The van der Waals surface area contributed by atoms with Crippen molar-refractivity contribution in [3.8, 4) is 0 Å². The molecule has 0 radical (unpaired) electrons. The number of aliphatic hydroxyl groups is 1. The lowest BCUT2D eigenvalue weighted by molar-refractivity contribution is 0.110. The average Bonchev–Trinajstić information content (AvgIpc) is 2.94. The van der Waals surface area contributed by atoms with E-state index in [0.717, 1.165) is 0 Å². The van der Waals surface area contributed by atoms with Gasteiger partial charge in [-0.15, -0.1) is 23.2 Å². The highest BCUT2D eigenvalue weighted by atomic mass is 35.5. The molecule has 2 atom stereocenters. The number of nitrogens with zero attached hydrogens (tertiary/aromatic N) is 3. The molecule has 2 aromatic rings. The summed E-state index contributed by atoms with van der Waals surface area (Å²) in [4.78, 5) is 2.63. The molecule has 0 spiro atoms. The van der Waals surface area contributed by atoms with Gasteiger partial charge in [-0.25, -0.2) is 9.67 Å². The molecule has 0 saturated carbocycles. The molecule has 2 rings (SSSR count). The summed E-state index contributed by atoms with van der Waals surface area (Å²) in [5.41, 5.74) is 0.567. The molecule has 0 saturated heterocycles. The lowest BCUT2D eigenvalue weighted by Gasteiger charge is -2.33. The Labute approximate surface area is 146 Å². The van der Waals surface area contributed by atoms with Crippen LogP contribution in [0.5, 0.6) is 0 Å². The van der Waals surface area contributed by atoms with E-state index in [9.17, 15) is 5.11 Å². The highest BCUT2D eigenvalue weighted by Gasteiger charge is 2.46. The number of alkyl halides is 4. The van der Waals surface area contributed by atoms with Gasteiger partial charge in [0.1, 0.15) is 29.6 Å². The quantitative estimate of drug-likeness (QED) is 0.790. The monoisotopic (exact) mass is 387 g/mol. The Balaban J connectivity index is 2.51. The van der Waals surface area contributed by atoms with Crippen LogP contribution in [0.3, 0.4) is 0 Å². The number of hydrogen-bond acceptors (Lipinski definition) is 3. The van der Waals surface area contributed by atoms with Crippen molar-refractivity contribution in [2.24, 2.45) is 0 Å². The van der Waals surface area contributed by atoms with Gasteiger partial charge in [0.15, 0.2) is 4.33 Å². The second-order valence-electron chi connectivity index (χ2n) is 4.26. The topological polar surface area (TPSA) is 50.9 Å². The van der Waals surface area contributed by atoms with Crippen molar-refractivity contribution in [2.75, 3.05) is 0 Å². The maximum Gasteiger partial charge on any atom is 0.176 e. The van der Waals surface area contributed by atoms with Crippen LogP contribution in [0.1, 0.15) is 11.6 Å². The van der Waals surface area contributed by atoms with E-state index in [1.165, 1.54) is 17.3 Å². The maximum absolute atomic E-state index is 10.6. The number of benzene rings is 1. The first kappa shape index (κ1) is 17.1. The molecule has 21 heavy (non-hydrogen) atoms. The number of rotatable bonds is 5. The third-order valence-corrected chi connectivity index (χ3v) is 5.29. The Hall–Kier alpha value is -0.230. The molecule has 1 heterocycles. The Morgan fingerprint density at radius 3 is 2.38 bits per heavy atom. The van der Waals surface area contributed by atoms with Crippen molar-refractivity contribution in [3.63, 3.8) is 0 Å². The van der Waals surface area contributed by atoms with Crippen molar-refractivity contribution in [2.45, 2.75) is 21.3 Å². The SMILES string of the molecule is OC(C(c1ccccc1Cl)n1cncn1)C(Cl)(Cl)C(Cl)Cl. The van der Waals surface area contributed by atoms with Gasteiger partial charge >= 0.3 is 0 Å². The van der Waals surface area contributed by atoms with Crippen molar-refractivity contribution < 1.29 is 5.11 Å². The Morgan fingerprint density at radius 1 is 1.19 bits per heavy atom. The lowest BCUT2D eigenvalue weighted by atomic mass is 9.99. The third kappa shape index (κ3) is 3.58. The predicted molar refractivity (Wildman–Crippen MR) is 85.6 cm³/mol. The van der Waals surface area contributed by atoms with E-state index < -0.39 is 21.3 Å². The summed E-state index contributed by atoms with van der Waals surface area (Å²) >= 11 is 29.9. The Bertz CT molecular complexity index is 590. The van der Waals surface area contributed by atoms with Crippen LogP contribution in [0.4, 0.5) is 0 Å². The first-order valence-corrected chi connectivity index (χ1v) is 7.79. The molecule has 4 nitrogen and oxygen atoms in total. The van der Waals surface area contributed by atoms with Crippen molar-refractivity contribution >= 4 is 58.0 Å². The van der Waals surface area contributed by atoms with E-state index in [1.54, 1.807) is 24.3 Å². The molecule has 1 N–H and O–H groups in total. The van der Waals surface area contributed by atoms with E-state index in [1.807, 2.05) is 0 Å². The van der Waals surface area contributed by atoms with Gasteiger partial charge in [-0.1, -0.05) is 53.0 Å². The number of halogens is 5. The van der Waals surface area contributed by atoms with Gasteiger partial charge in [0.2, 0.25) is 0 Å². The molecule has 1 aromatic carbocycles. The molecule has 114 valence electrons. The molecule has 9 heteroatoms. The first-order chi connectivity index (χ1) is 9.85. The fourth-order valence-corrected chi connectivity index (χ4v) is 2.62. The molecular weight excluding hydrogens is 379 g/mol. The van der Waals surface area contributed by atoms with Crippen LogP contribution in [0.15, 0.2) is 36.9 Å². The van der Waals surface area contributed by atoms with Gasteiger partial charge in [0.25, 0.3) is 0 Å². The van der Waals surface area contributed by atoms with Gasteiger partial charge in [0.05, 0.1) is 0 Å². The highest BCUT2D eigenvalue weighted by Crippen LogP contribution is 2.42. The summed E-state index contributed by atoms with van der Waals surface area (Å²) in [7, 11) is 0. The van der Waals surface area contributed by atoms with Crippen LogP contribution in [0.2, 0.25) is 5.02 Å². The molecule has 2 unspecified atom stereocenters. The summed E-state index contributed by atoms with van der Waals surface area (Å²) in [5, 5.41) is 15.0. The van der Waals surface area contributed by atoms with E-state index in [4.69, 9.17) is 58.0 Å². The van der Waals surface area contributed by atoms with Crippen molar-refractivity contribution in [1.29, 1.82) is 0 Å². The van der Waals surface area contributed by atoms with Crippen LogP contribution in [0.25, 0.3) is 0 Å². The minimum atomic E-state index is -1.82. The zero-order valence-electron chi connectivity index (χ0n) is 10.4. The zero-order valence-corrected chi connectivity index (χ0v) is 14.2. The number of hydrogen-bond donors (Lipinski definition) is 1. The zero-order chi connectivity index (χ0) is 15.6. The summed E-state index contributed by atoms with van der Waals surface area (Å²) in [6, 6.07) is 6.13. The fourth-order valence-electron chi connectivity index (χ4n) is 1.87. The molecule has 0 aliphatic carbocycles. The minimum absolute atomic E-state index is 0.418. The second-order valence-corrected chi connectivity index (χ2v) is 7.21. The highest BCUT2D eigenvalue weighted by molar-refractivity contribution is 6.60. The summed E-state index contributed by atoms with van der Waals surface area (Å²) < 4.78 is -0.430. The smallest absolute Gasteiger partial charge is 0.176 e. The standard InChI is InChI=1S/C12H10Cl5N3O/c13-8-4-2-1-3-7(8)9(20-6-18-5-19-20)10(21)12(16,17)11(14)15/h1-6,9-11,21H. The van der Waals surface area contributed by atoms with E-state index >= 15 is 0 Å². The number of aliphatic hydroxyl groups excluding tert-OH is 1. The molecule has 1 aromatic heterocycles. The van der Waals surface area contributed by atoms with Gasteiger partial charge in [0, 0.05) is 5.02 Å². The second kappa shape index (κ2) is 6.90. The molecule has 0 aliphatic rings. The van der Waals surface area contributed by atoms with Gasteiger partial charge < -0.3 is 5.11 Å². The summed E-state index contributed by atoms with van der Waals surface area (Å²) in [6.45, 7) is 0. The molecule has 0 bridgehead atoms. The van der Waals surface area contributed by atoms with Gasteiger partial charge in [-0.05, 0) is 11.6 Å². The summed E-state index contributed by atoms with van der Waals surface area (Å²) in [6.07, 6.45) is 1.36.